The van der Waals surface area contributed by atoms with E-state index in [0.29, 0.717) is 0 Å². The molecule has 0 bridgehead atoms. The zero-order valence-corrected chi connectivity index (χ0v) is 10.7. The first-order chi connectivity index (χ1) is 7.25. The molecular formula is C11H16N2S2. The van der Waals surface area contributed by atoms with Crippen LogP contribution >= 0.6 is 23.6 Å². The second kappa shape index (κ2) is 5.14. The lowest BCUT2D eigenvalue weighted by Gasteiger charge is -2.26. The highest BCUT2D eigenvalue weighted by atomic mass is 32.1. The van der Waals surface area contributed by atoms with E-state index in [2.05, 4.69) is 9.88 Å². The molecule has 1 aliphatic rings. The highest BCUT2D eigenvalue weighted by Crippen LogP contribution is 2.15. The Bertz CT molecular complexity index is 340. The van der Waals surface area contributed by atoms with E-state index in [9.17, 15) is 0 Å². The molecular weight excluding hydrogens is 224 g/mol. The Labute approximate surface area is 100 Å². The summed E-state index contributed by atoms with van der Waals surface area (Å²) in [4.78, 5) is 8.93. The van der Waals surface area contributed by atoms with Crippen LogP contribution in [0.4, 0.5) is 0 Å². The summed E-state index contributed by atoms with van der Waals surface area (Å²) in [5.41, 5.74) is 0. The molecule has 1 saturated heterocycles. The van der Waals surface area contributed by atoms with Gasteiger partial charge in [-0.25, -0.2) is 4.98 Å². The number of piperidine rings is 1. The summed E-state index contributed by atoms with van der Waals surface area (Å²) >= 11 is 7.15. The SMILES string of the molecule is Cc1ncc(C(=S)CN2CCCCC2)s1. The van der Waals surface area contributed by atoms with Gasteiger partial charge >= 0.3 is 0 Å². The quantitative estimate of drug-likeness (QED) is 0.597. The Balaban J connectivity index is 1.91. The Morgan fingerprint density at radius 3 is 2.80 bits per heavy atom. The van der Waals surface area contributed by atoms with Crippen molar-refractivity contribution in [1.29, 1.82) is 0 Å². The lowest BCUT2D eigenvalue weighted by molar-refractivity contribution is 0.259. The molecule has 0 N–H and O–H groups in total. The third-order valence-corrected chi connectivity index (χ3v) is 4.16. The molecule has 2 heterocycles. The van der Waals surface area contributed by atoms with E-state index < -0.39 is 0 Å². The molecule has 0 atom stereocenters. The fourth-order valence-corrected chi connectivity index (χ4v) is 2.96. The zero-order chi connectivity index (χ0) is 10.7. The summed E-state index contributed by atoms with van der Waals surface area (Å²) in [5, 5.41) is 1.10. The van der Waals surface area contributed by atoms with Gasteiger partial charge in [0.15, 0.2) is 0 Å². The van der Waals surface area contributed by atoms with E-state index in [-0.39, 0.29) is 0 Å². The molecule has 4 heteroatoms. The lowest BCUT2D eigenvalue weighted by atomic mass is 10.1. The van der Waals surface area contributed by atoms with Gasteiger partial charge in [0, 0.05) is 17.6 Å². The van der Waals surface area contributed by atoms with Gasteiger partial charge in [-0.15, -0.1) is 11.3 Å². The van der Waals surface area contributed by atoms with Crippen LogP contribution < -0.4 is 0 Å². The first-order valence-corrected chi connectivity index (χ1v) is 6.66. The van der Waals surface area contributed by atoms with Crippen molar-refractivity contribution in [2.45, 2.75) is 26.2 Å². The lowest BCUT2D eigenvalue weighted by Crippen LogP contribution is -2.33. The second-order valence-electron chi connectivity index (χ2n) is 4.00. The number of thiazole rings is 1. The van der Waals surface area contributed by atoms with Gasteiger partial charge in [-0.1, -0.05) is 18.6 Å². The first-order valence-electron chi connectivity index (χ1n) is 5.44. The van der Waals surface area contributed by atoms with Crippen molar-refractivity contribution >= 4 is 28.4 Å². The molecule has 0 unspecified atom stereocenters. The fourth-order valence-electron chi connectivity index (χ4n) is 1.89. The second-order valence-corrected chi connectivity index (χ2v) is 5.73. The molecule has 1 aromatic heterocycles. The Hall–Kier alpha value is -0.320. The summed E-state index contributed by atoms with van der Waals surface area (Å²) in [6.45, 7) is 5.38. The monoisotopic (exact) mass is 240 g/mol. The molecule has 2 rings (SSSR count). The van der Waals surface area contributed by atoms with Crippen LogP contribution in [0.5, 0.6) is 0 Å². The average molecular weight is 240 g/mol. The minimum absolute atomic E-state index is 0.941. The Morgan fingerprint density at radius 2 is 2.20 bits per heavy atom. The highest BCUT2D eigenvalue weighted by Gasteiger charge is 2.13. The number of hydrogen-bond acceptors (Lipinski definition) is 4. The predicted molar refractivity (Wildman–Crippen MR) is 68.8 cm³/mol. The number of aryl methyl sites for hydroxylation is 1. The number of thiocarbonyl (C=S) groups is 1. The van der Waals surface area contributed by atoms with Crippen molar-refractivity contribution < 1.29 is 0 Å². The molecule has 1 aromatic rings. The molecule has 2 nitrogen and oxygen atoms in total. The van der Waals surface area contributed by atoms with Crippen LogP contribution in [0.25, 0.3) is 0 Å². The smallest absolute Gasteiger partial charge is 0.0900 e. The van der Waals surface area contributed by atoms with E-state index in [0.717, 1.165) is 16.4 Å². The molecule has 0 saturated carbocycles. The maximum Gasteiger partial charge on any atom is 0.0900 e. The van der Waals surface area contributed by atoms with Crippen molar-refractivity contribution in [3.63, 3.8) is 0 Å². The van der Waals surface area contributed by atoms with Crippen molar-refractivity contribution in [2.75, 3.05) is 19.6 Å². The normalized spacial score (nSPS) is 17.9. The summed E-state index contributed by atoms with van der Waals surface area (Å²) < 4.78 is 0. The van der Waals surface area contributed by atoms with Gasteiger partial charge in [-0.05, 0) is 32.9 Å². The van der Waals surface area contributed by atoms with Crippen LogP contribution in [0.15, 0.2) is 6.20 Å². The molecule has 0 aliphatic carbocycles. The van der Waals surface area contributed by atoms with Crippen LogP contribution in [0.3, 0.4) is 0 Å². The standard InChI is InChI=1S/C11H16N2S2/c1-9-12-7-11(15-9)10(14)8-13-5-3-2-4-6-13/h7H,2-6,8H2,1H3. The highest BCUT2D eigenvalue weighted by molar-refractivity contribution is 7.81. The molecule has 1 fully saturated rings. The minimum Gasteiger partial charge on any atom is -0.298 e. The van der Waals surface area contributed by atoms with Crippen LogP contribution in [-0.2, 0) is 0 Å². The van der Waals surface area contributed by atoms with Crippen LogP contribution in [0.2, 0.25) is 0 Å². The van der Waals surface area contributed by atoms with Crippen LogP contribution in [0, 0.1) is 6.92 Å². The van der Waals surface area contributed by atoms with Gasteiger partial charge in [-0.3, -0.25) is 4.90 Å². The Kier molecular flexibility index (Phi) is 3.83. The number of rotatable bonds is 3. The van der Waals surface area contributed by atoms with Crippen LogP contribution in [-0.4, -0.2) is 34.4 Å². The zero-order valence-electron chi connectivity index (χ0n) is 9.03. The van der Waals surface area contributed by atoms with Gasteiger partial charge < -0.3 is 0 Å². The predicted octanol–water partition coefficient (Wildman–Crippen LogP) is 2.66. The van der Waals surface area contributed by atoms with Crippen LogP contribution in [0.1, 0.15) is 29.1 Å². The maximum atomic E-state index is 5.44. The van der Waals surface area contributed by atoms with E-state index in [1.165, 1.54) is 37.2 Å². The molecule has 15 heavy (non-hydrogen) atoms. The maximum absolute atomic E-state index is 5.44. The van der Waals surface area contributed by atoms with E-state index >= 15 is 0 Å². The Morgan fingerprint density at radius 1 is 1.47 bits per heavy atom. The van der Waals surface area contributed by atoms with Crippen molar-refractivity contribution in [1.82, 2.24) is 9.88 Å². The van der Waals surface area contributed by atoms with Gasteiger partial charge in [-0.2, -0.15) is 0 Å². The first kappa shape index (κ1) is 11.2. The van der Waals surface area contributed by atoms with E-state index in [1.54, 1.807) is 11.3 Å². The fraction of sp³-hybridized carbons (Fsp3) is 0.636. The van der Waals surface area contributed by atoms with E-state index in [1.807, 2.05) is 13.1 Å². The average Bonchev–Trinajstić information content (AvgIpc) is 2.66. The van der Waals surface area contributed by atoms with Crippen molar-refractivity contribution in [3.05, 3.63) is 16.1 Å². The topological polar surface area (TPSA) is 16.1 Å². The summed E-state index contributed by atoms with van der Waals surface area (Å²) in [7, 11) is 0. The molecule has 0 spiro atoms. The summed E-state index contributed by atoms with van der Waals surface area (Å²) in [6.07, 6.45) is 5.93. The van der Waals surface area contributed by atoms with Crippen molar-refractivity contribution in [3.8, 4) is 0 Å². The third-order valence-electron chi connectivity index (χ3n) is 2.71. The minimum atomic E-state index is 0.941. The summed E-state index contributed by atoms with van der Waals surface area (Å²) in [6, 6.07) is 0. The van der Waals surface area contributed by atoms with Gasteiger partial charge in [0.05, 0.1) is 9.88 Å². The van der Waals surface area contributed by atoms with Gasteiger partial charge in [0.1, 0.15) is 0 Å². The van der Waals surface area contributed by atoms with Gasteiger partial charge in [0.2, 0.25) is 0 Å². The molecule has 0 aromatic carbocycles. The molecule has 1 aliphatic heterocycles. The van der Waals surface area contributed by atoms with Gasteiger partial charge in [0.25, 0.3) is 0 Å². The third kappa shape index (κ3) is 3.06. The number of aromatic nitrogens is 1. The number of nitrogens with zero attached hydrogens (tertiary/aromatic N) is 2. The molecule has 82 valence electrons. The number of hydrogen-bond donors (Lipinski definition) is 0. The van der Waals surface area contributed by atoms with E-state index in [4.69, 9.17) is 12.2 Å². The van der Waals surface area contributed by atoms with Crippen molar-refractivity contribution in [2.24, 2.45) is 0 Å². The summed E-state index contributed by atoms with van der Waals surface area (Å²) in [5.74, 6) is 0. The largest absolute Gasteiger partial charge is 0.298 e. The molecule has 0 amide bonds. The molecule has 0 radical (unpaired) electrons. The number of likely N-dealkylation sites (tertiary alicyclic amines) is 1.